The average molecular weight is 632 g/mol. The second kappa shape index (κ2) is 12.8. The van der Waals surface area contributed by atoms with E-state index >= 15 is 4.39 Å². The van der Waals surface area contributed by atoms with Crippen LogP contribution in [-0.2, 0) is 10.9 Å². The van der Waals surface area contributed by atoms with E-state index in [4.69, 9.17) is 4.74 Å². The number of hydrogen-bond acceptors (Lipinski definition) is 8. The van der Waals surface area contributed by atoms with Crippen LogP contribution < -0.4 is 20.7 Å². The smallest absolute Gasteiger partial charge is 0.374 e. The predicted molar refractivity (Wildman–Crippen MR) is 163 cm³/mol. The fourth-order valence-electron chi connectivity index (χ4n) is 5.71. The van der Waals surface area contributed by atoms with Crippen LogP contribution in [0, 0.1) is 11.7 Å². The van der Waals surface area contributed by atoms with Crippen LogP contribution in [0.1, 0.15) is 43.6 Å². The Kier molecular flexibility index (Phi) is 9.17. The number of nitrogens with one attached hydrogen (secondary N) is 2. The van der Waals surface area contributed by atoms with E-state index in [2.05, 4.69) is 39.0 Å². The van der Waals surface area contributed by atoms with Crippen molar-refractivity contribution in [3.63, 3.8) is 0 Å². The molecule has 0 saturated carbocycles. The third-order valence-corrected chi connectivity index (χ3v) is 8.58. The van der Waals surface area contributed by atoms with E-state index in [1.807, 2.05) is 30.7 Å². The lowest BCUT2D eigenvalue weighted by molar-refractivity contribution is -0.138. The number of piperazine rings is 1. The van der Waals surface area contributed by atoms with Crippen molar-refractivity contribution in [2.45, 2.75) is 52.1 Å². The molecule has 0 radical (unpaired) electrons. The number of benzene rings is 1. The fourth-order valence-corrected chi connectivity index (χ4v) is 5.71. The van der Waals surface area contributed by atoms with Gasteiger partial charge in [0.25, 0.3) is 5.91 Å². The molecule has 5 rings (SSSR count). The number of halogens is 4. The molecule has 10 nitrogen and oxygen atoms in total. The molecule has 2 aromatic heterocycles. The Morgan fingerprint density at radius 1 is 1.07 bits per heavy atom. The van der Waals surface area contributed by atoms with Gasteiger partial charge in [0, 0.05) is 74.0 Å². The lowest BCUT2D eigenvalue weighted by Gasteiger charge is -2.44. The van der Waals surface area contributed by atoms with Crippen LogP contribution in [0.3, 0.4) is 0 Å². The molecule has 2 aliphatic heterocycles. The molecule has 1 aromatic carbocycles. The average Bonchev–Trinajstić information content (AvgIpc) is 3.00. The highest BCUT2D eigenvalue weighted by atomic mass is 19.4. The molecule has 0 spiro atoms. The monoisotopic (exact) mass is 631 g/mol. The van der Waals surface area contributed by atoms with Crippen LogP contribution in [0.4, 0.5) is 34.9 Å². The predicted octanol–water partition coefficient (Wildman–Crippen LogP) is 4.63. The number of carbonyl (C=O) groups is 1. The number of carbonyl (C=O) groups excluding carboxylic acids is 1. The summed E-state index contributed by atoms with van der Waals surface area (Å²) in [6, 6.07) is 3.15. The highest BCUT2D eigenvalue weighted by Crippen LogP contribution is 2.37. The van der Waals surface area contributed by atoms with Crippen LogP contribution in [-0.4, -0.2) is 83.8 Å². The number of likely N-dealkylation sites (N-methyl/N-ethyl adjacent to an activating group) is 1. The minimum absolute atomic E-state index is 0.0264. The zero-order chi connectivity index (χ0) is 32.6. The molecule has 2 fully saturated rings. The number of alkyl halides is 3. The van der Waals surface area contributed by atoms with Gasteiger partial charge in [0.05, 0.1) is 35.2 Å². The van der Waals surface area contributed by atoms with Crippen molar-refractivity contribution in [1.29, 1.82) is 0 Å². The quantitative estimate of drug-likeness (QED) is 0.380. The number of morpholine rings is 1. The number of ether oxygens (including phenoxy) is 1. The maximum absolute atomic E-state index is 15.8. The van der Waals surface area contributed by atoms with Gasteiger partial charge < -0.3 is 24.8 Å². The maximum atomic E-state index is 15.8. The molecule has 0 aliphatic carbocycles. The molecule has 4 heterocycles. The summed E-state index contributed by atoms with van der Waals surface area (Å²) in [5.74, 6) is -0.935. The summed E-state index contributed by atoms with van der Waals surface area (Å²) in [6.07, 6.45) is -1.23. The Bertz CT molecular complexity index is 1580. The van der Waals surface area contributed by atoms with Gasteiger partial charge in [-0.15, -0.1) is 0 Å². The summed E-state index contributed by atoms with van der Waals surface area (Å²) in [4.78, 5) is 42.2. The molecule has 2 N–H and O–H groups in total. The highest BCUT2D eigenvalue weighted by Gasteiger charge is 2.36. The van der Waals surface area contributed by atoms with Gasteiger partial charge in [-0.3, -0.25) is 14.5 Å². The number of aromatic amines is 1. The van der Waals surface area contributed by atoms with Crippen LogP contribution in [0.25, 0.3) is 11.1 Å². The van der Waals surface area contributed by atoms with Gasteiger partial charge in [0.15, 0.2) is 0 Å². The topological polar surface area (TPSA) is 107 Å². The molecule has 2 saturated heterocycles. The number of H-pyrrole nitrogens is 1. The second-order valence-electron chi connectivity index (χ2n) is 12.1. The summed E-state index contributed by atoms with van der Waals surface area (Å²) in [6.45, 7) is 10.9. The van der Waals surface area contributed by atoms with Gasteiger partial charge in [0.1, 0.15) is 5.82 Å². The van der Waals surface area contributed by atoms with E-state index < -0.39 is 34.6 Å². The van der Waals surface area contributed by atoms with Crippen LogP contribution >= 0.6 is 0 Å². The minimum atomic E-state index is -4.95. The normalized spacial score (nSPS) is 21.3. The first-order valence-electron chi connectivity index (χ1n) is 14.8. The first-order valence-corrected chi connectivity index (χ1v) is 14.8. The molecule has 242 valence electrons. The van der Waals surface area contributed by atoms with E-state index in [9.17, 15) is 22.8 Å². The minimum Gasteiger partial charge on any atom is -0.374 e. The van der Waals surface area contributed by atoms with Crippen molar-refractivity contribution in [2.75, 3.05) is 55.0 Å². The standard InChI is InChI=1S/C31H37F4N7O3/c1-17(2)27-16-41(6-7-45-27)30-37-11-20(12-38-30)21-8-25(26(10-24(21)32)42-14-18(3)40(5)19(4)15-42)39-29(44)22-13-36-28(43)9-23(22)31(33,34)35/h8-13,17-19,27H,6-7,14-16H2,1-5H3,(H,36,43)(H,39,44)/t18-,19+,27-/m0/s1. The van der Waals surface area contributed by atoms with Gasteiger partial charge in [-0.05, 0) is 38.9 Å². The molecule has 3 aromatic rings. The summed E-state index contributed by atoms with van der Waals surface area (Å²) in [5.41, 5.74) is -2.32. The number of nitrogens with zero attached hydrogens (tertiary/aromatic N) is 5. The number of anilines is 3. The van der Waals surface area contributed by atoms with Gasteiger partial charge in [-0.25, -0.2) is 14.4 Å². The highest BCUT2D eigenvalue weighted by molar-refractivity contribution is 6.07. The number of aromatic nitrogens is 3. The van der Waals surface area contributed by atoms with Crippen molar-refractivity contribution in [3.05, 3.63) is 64.1 Å². The van der Waals surface area contributed by atoms with Crippen molar-refractivity contribution in [2.24, 2.45) is 5.92 Å². The number of amides is 1. The zero-order valence-corrected chi connectivity index (χ0v) is 25.8. The second-order valence-corrected chi connectivity index (χ2v) is 12.1. The van der Waals surface area contributed by atoms with Gasteiger partial charge in [-0.2, -0.15) is 13.2 Å². The van der Waals surface area contributed by atoms with Gasteiger partial charge in [0.2, 0.25) is 11.5 Å². The lowest BCUT2D eigenvalue weighted by atomic mass is 10.0. The number of hydrogen-bond donors (Lipinski definition) is 2. The molecule has 3 atom stereocenters. The maximum Gasteiger partial charge on any atom is 0.417 e. The third kappa shape index (κ3) is 6.96. The van der Waals surface area contributed by atoms with Crippen LogP contribution in [0.5, 0.6) is 0 Å². The lowest BCUT2D eigenvalue weighted by Crippen LogP contribution is -2.55. The Balaban J connectivity index is 1.52. The Morgan fingerprint density at radius 2 is 1.73 bits per heavy atom. The molecular formula is C31H37F4N7O3. The van der Waals surface area contributed by atoms with Crippen molar-refractivity contribution in [1.82, 2.24) is 19.9 Å². The zero-order valence-electron chi connectivity index (χ0n) is 25.8. The van der Waals surface area contributed by atoms with E-state index in [1.54, 1.807) is 0 Å². The fraction of sp³-hybridized carbons (Fsp3) is 0.484. The molecule has 0 unspecified atom stereocenters. The SMILES string of the molecule is CC(C)[C@@H]1CN(c2ncc(-c3cc(NC(=O)c4c[nH]c(=O)cc4C(F)(F)F)c(N4C[C@@H](C)N(C)[C@@H](C)C4)cc3F)cn2)CCO1. The largest absolute Gasteiger partial charge is 0.417 e. The van der Waals surface area contributed by atoms with Crippen molar-refractivity contribution >= 4 is 23.2 Å². The Morgan fingerprint density at radius 3 is 2.36 bits per heavy atom. The molecule has 0 bridgehead atoms. The van der Waals surface area contributed by atoms with Gasteiger partial charge >= 0.3 is 6.18 Å². The Labute approximate surface area is 258 Å². The first-order chi connectivity index (χ1) is 21.2. The van der Waals surface area contributed by atoms with Crippen LogP contribution in [0.15, 0.2) is 41.6 Å². The van der Waals surface area contributed by atoms with Crippen molar-refractivity contribution < 1.29 is 27.1 Å². The van der Waals surface area contributed by atoms with Crippen LogP contribution in [0.2, 0.25) is 0 Å². The number of pyridine rings is 1. The first kappa shape index (κ1) is 32.4. The molecule has 14 heteroatoms. The summed E-state index contributed by atoms with van der Waals surface area (Å²) in [7, 11) is 1.98. The summed E-state index contributed by atoms with van der Waals surface area (Å²) < 4.78 is 63.0. The summed E-state index contributed by atoms with van der Waals surface area (Å²) in [5, 5.41) is 2.57. The molecule has 45 heavy (non-hydrogen) atoms. The van der Waals surface area contributed by atoms with E-state index in [0.29, 0.717) is 62.0 Å². The molecule has 2 aliphatic rings. The third-order valence-electron chi connectivity index (χ3n) is 8.58. The Hall–Kier alpha value is -4.04. The molecular weight excluding hydrogens is 594 g/mol. The van der Waals surface area contributed by atoms with E-state index in [-0.39, 0.29) is 29.4 Å². The number of rotatable bonds is 6. The molecule has 1 amide bonds. The summed E-state index contributed by atoms with van der Waals surface area (Å²) >= 11 is 0. The van der Waals surface area contributed by atoms with Crippen molar-refractivity contribution in [3.8, 4) is 11.1 Å². The van der Waals surface area contributed by atoms with E-state index in [1.165, 1.54) is 24.5 Å². The van der Waals surface area contributed by atoms with E-state index in [0.717, 1.165) is 6.20 Å². The van der Waals surface area contributed by atoms with Gasteiger partial charge in [-0.1, -0.05) is 13.8 Å².